The molecule has 0 aromatic heterocycles. The molecule has 1 aromatic rings. The molecule has 0 unspecified atom stereocenters. The summed E-state index contributed by atoms with van der Waals surface area (Å²) < 4.78 is 23.9. The van der Waals surface area contributed by atoms with Gasteiger partial charge in [0.25, 0.3) is 0 Å². The van der Waals surface area contributed by atoms with E-state index < -0.39 is 11.8 Å². The maximum atomic E-state index is 13.3. The number of halogens is 1. The van der Waals surface area contributed by atoms with Crippen LogP contribution in [0, 0.1) is 5.82 Å². The van der Waals surface area contributed by atoms with Gasteiger partial charge in [-0.2, -0.15) is 0 Å². The van der Waals surface area contributed by atoms with Crippen LogP contribution < -0.4 is 9.84 Å². The van der Waals surface area contributed by atoms with E-state index in [2.05, 4.69) is 0 Å². The van der Waals surface area contributed by atoms with Crippen LogP contribution >= 0.6 is 0 Å². The molecule has 0 radical (unpaired) electrons. The minimum absolute atomic E-state index is 0.0713. The molecule has 1 aliphatic rings. The van der Waals surface area contributed by atoms with Gasteiger partial charge in [-0.25, -0.2) is 4.39 Å². The first-order valence-electron chi connectivity index (χ1n) is 5.92. The van der Waals surface area contributed by atoms with Crippen LogP contribution in [-0.4, -0.2) is 18.9 Å². The maximum Gasteiger partial charge on any atom is 0.189 e. The number of carbonyl (C=O) groups is 1. The number of carboxylic acids is 1. The van der Waals surface area contributed by atoms with E-state index in [1.807, 2.05) is 0 Å². The van der Waals surface area contributed by atoms with E-state index in [0.29, 0.717) is 0 Å². The predicted molar refractivity (Wildman–Crippen MR) is 59.6 cm³/mol. The van der Waals surface area contributed by atoms with E-state index in [9.17, 15) is 14.3 Å². The maximum absolute atomic E-state index is 13.3. The van der Waals surface area contributed by atoms with Gasteiger partial charge in [0.05, 0.1) is 12.1 Å². The normalized spacial score (nSPS) is 15.8. The molecule has 0 N–H and O–H groups in total. The predicted octanol–water partition coefficient (Wildman–Crippen LogP) is 1.48. The number of hydrogen-bond donors (Lipinski definition) is 0. The largest absolute Gasteiger partial charge is 0.545 e. The highest BCUT2D eigenvalue weighted by Gasteiger charge is 2.15. The SMILES string of the molecule is O=C([O-])c1ccc(F)c(OCOC2CCCC2)c1. The van der Waals surface area contributed by atoms with Gasteiger partial charge in [-0.3, -0.25) is 0 Å². The Morgan fingerprint density at radius 3 is 2.78 bits per heavy atom. The summed E-state index contributed by atoms with van der Waals surface area (Å²) in [6, 6.07) is 3.27. The lowest BCUT2D eigenvalue weighted by atomic mass is 10.2. The zero-order chi connectivity index (χ0) is 13.0. The molecule has 2 rings (SSSR count). The monoisotopic (exact) mass is 253 g/mol. The zero-order valence-electron chi connectivity index (χ0n) is 9.86. The summed E-state index contributed by atoms with van der Waals surface area (Å²) in [5.74, 6) is -2.11. The lowest BCUT2D eigenvalue weighted by Crippen LogP contribution is -2.22. The molecule has 0 aliphatic heterocycles. The van der Waals surface area contributed by atoms with Crippen molar-refractivity contribution >= 4 is 5.97 Å². The third-order valence-corrected chi connectivity index (χ3v) is 2.99. The van der Waals surface area contributed by atoms with Crippen LogP contribution in [0.25, 0.3) is 0 Å². The molecule has 0 atom stereocenters. The number of carbonyl (C=O) groups excluding carboxylic acids is 1. The van der Waals surface area contributed by atoms with Gasteiger partial charge in [-0.15, -0.1) is 0 Å². The Morgan fingerprint density at radius 2 is 2.11 bits per heavy atom. The molecule has 1 saturated carbocycles. The summed E-state index contributed by atoms with van der Waals surface area (Å²) in [5.41, 5.74) is -0.118. The molecule has 1 fully saturated rings. The summed E-state index contributed by atoms with van der Waals surface area (Å²) in [4.78, 5) is 10.6. The fourth-order valence-electron chi connectivity index (χ4n) is 1.99. The third kappa shape index (κ3) is 3.20. The zero-order valence-corrected chi connectivity index (χ0v) is 9.86. The molecule has 1 aliphatic carbocycles. The fraction of sp³-hybridized carbons (Fsp3) is 0.462. The molecule has 5 heteroatoms. The molecule has 98 valence electrons. The number of hydrogen-bond acceptors (Lipinski definition) is 4. The first-order valence-corrected chi connectivity index (χ1v) is 5.92. The van der Waals surface area contributed by atoms with Crippen molar-refractivity contribution in [2.75, 3.05) is 6.79 Å². The van der Waals surface area contributed by atoms with E-state index >= 15 is 0 Å². The van der Waals surface area contributed by atoms with E-state index in [-0.39, 0.29) is 24.2 Å². The van der Waals surface area contributed by atoms with Gasteiger partial charge in [-0.1, -0.05) is 12.8 Å². The van der Waals surface area contributed by atoms with Crippen LogP contribution in [0.15, 0.2) is 18.2 Å². The smallest absolute Gasteiger partial charge is 0.189 e. The Kier molecular flexibility index (Phi) is 4.15. The van der Waals surface area contributed by atoms with Crippen LogP contribution in [0.4, 0.5) is 4.39 Å². The lowest BCUT2D eigenvalue weighted by Gasteiger charge is -2.13. The van der Waals surface area contributed by atoms with E-state index in [1.165, 1.54) is 0 Å². The van der Waals surface area contributed by atoms with Crippen LogP contribution in [0.3, 0.4) is 0 Å². The minimum atomic E-state index is -1.36. The number of carboxylic acid groups (broad SMARTS) is 1. The molecular formula is C13H14FO4-. The molecule has 4 nitrogen and oxygen atoms in total. The highest BCUT2D eigenvalue weighted by molar-refractivity contribution is 5.86. The molecule has 0 saturated heterocycles. The first-order chi connectivity index (χ1) is 8.66. The molecule has 0 heterocycles. The van der Waals surface area contributed by atoms with Crippen molar-refractivity contribution in [1.82, 2.24) is 0 Å². The number of ether oxygens (including phenoxy) is 2. The Bertz CT molecular complexity index is 427. The van der Waals surface area contributed by atoms with Gasteiger partial charge in [0.2, 0.25) is 0 Å². The average molecular weight is 253 g/mol. The lowest BCUT2D eigenvalue weighted by molar-refractivity contribution is -0.255. The van der Waals surface area contributed by atoms with Crippen molar-refractivity contribution in [3.05, 3.63) is 29.6 Å². The van der Waals surface area contributed by atoms with Gasteiger partial charge < -0.3 is 19.4 Å². The van der Waals surface area contributed by atoms with Crippen molar-refractivity contribution in [3.63, 3.8) is 0 Å². The van der Waals surface area contributed by atoms with Gasteiger partial charge in [0.15, 0.2) is 18.4 Å². The Hall–Kier alpha value is -1.62. The standard InChI is InChI=1S/C13H15FO4/c14-11-6-5-9(13(15)16)7-12(11)18-8-17-10-3-1-2-4-10/h5-7,10H,1-4,8H2,(H,15,16)/p-1. The summed E-state index contributed by atoms with van der Waals surface area (Å²) in [5, 5.41) is 10.6. The van der Waals surface area contributed by atoms with Crippen molar-refractivity contribution in [1.29, 1.82) is 0 Å². The number of rotatable bonds is 5. The Balaban J connectivity index is 1.91. The summed E-state index contributed by atoms with van der Waals surface area (Å²) in [6.07, 6.45) is 4.42. The minimum Gasteiger partial charge on any atom is -0.545 e. The van der Waals surface area contributed by atoms with Crippen LogP contribution in [0.2, 0.25) is 0 Å². The van der Waals surface area contributed by atoms with E-state index in [4.69, 9.17) is 9.47 Å². The first kappa shape index (κ1) is 12.8. The Morgan fingerprint density at radius 1 is 1.39 bits per heavy atom. The third-order valence-electron chi connectivity index (χ3n) is 2.99. The Labute approximate surface area is 104 Å². The van der Waals surface area contributed by atoms with E-state index in [1.54, 1.807) is 0 Å². The van der Waals surface area contributed by atoms with Gasteiger partial charge in [0.1, 0.15) is 0 Å². The van der Waals surface area contributed by atoms with Crippen molar-refractivity contribution < 1.29 is 23.8 Å². The van der Waals surface area contributed by atoms with Crippen LogP contribution in [0.1, 0.15) is 36.0 Å². The summed E-state index contributed by atoms with van der Waals surface area (Å²) in [6.45, 7) is -0.0713. The van der Waals surface area contributed by atoms with Crippen LogP contribution in [-0.2, 0) is 4.74 Å². The number of aromatic carboxylic acids is 1. The van der Waals surface area contributed by atoms with Crippen LogP contribution in [0.5, 0.6) is 5.75 Å². The summed E-state index contributed by atoms with van der Waals surface area (Å²) >= 11 is 0. The molecule has 0 amide bonds. The molecule has 18 heavy (non-hydrogen) atoms. The second kappa shape index (κ2) is 5.82. The summed E-state index contributed by atoms with van der Waals surface area (Å²) in [7, 11) is 0. The highest BCUT2D eigenvalue weighted by Crippen LogP contribution is 2.22. The van der Waals surface area contributed by atoms with Gasteiger partial charge in [0, 0.05) is 5.56 Å². The molecule has 0 bridgehead atoms. The topological polar surface area (TPSA) is 58.6 Å². The van der Waals surface area contributed by atoms with Crippen molar-refractivity contribution in [3.8, 4) is 5.75 Å². The van der Waals surface area contributed by atoms with Crippen molar-refractivity contribution in [2.45, 2.75) is 31.8 Å². The molecule has 1 aromatic carbocycles. The molecular weight excluding hydrogens is 239 g/mol. The van der Waals surface area contributed by atoms with Crippen molar-refractivity contribution in [2.24, 2.45) is 0 Å². The number of benzene rings is 1. The highest BCUT2D eigenvalue weighted by atomic mass is 19.1. The second-order valence-corrected chi connectivity index (χ2v) is 4.27. The molecule has 0 spiro atoms. The van der Waals surface area contributed by atoms with Gasteiger partial charge in [-0.05, 0) is 31.0 Å². The van der Waals surface area contributed by atoms with Gasteiger partial charge >= 0.3 is 0 Å². The average Bonchev–Trinajstić information content (AvgIpc) is 2.84. The van der Waals surface area contributed by atoms with E-state index in [0.717, 1.165) is 43.9 Å². The quantitative estimate of drug-likeness (QED) is 0.746. The second-order valence-electron chi connectivity index (χ2n) is 4.27. The fourth-order valence-corrected chi connectivity index (χ4v) is 1.99.